The number of nitrogens with zero attached hydrogens (tertiary/aromatic N) is 5. The number of sulfonamides is 1. The predicted octanol–water partition coefficient (Wildman–Crippen LogP) is 1.03. The van der Waals surface area contributed by atoms with Gasteiger partial charge in [-0.25, -0.2) is 13.4 Å². The van der Waals surface area contributed by atoms with E-state index in [9.17, 15) is 8.42 Å². The molecule has 0 amide bonds. The highest BCUT2D eigenvalue weighted by Gasteiger charge is 2.33. The minimum absolute atomic E-state index is 0.0926. The fourth-order valence-corrected chi connectivity index (χ4v) is 4.14. The standard InChI is InChI=1S/C15H23N5O3S/c1-12(2)7-19-10-15(16-11-19)24(21,22)20-4-5-23-14(9-20)13-6-17-18(3)8-13/h6,8,10-12,14H,4-5,7,9H2,1-3H3. The fraction of sp³-hybridized carbons (Fsp3) is 0.600. The van der Waals surface area contributed by atoms with Crippen LogP contribution in [0.15, 0.2) is 29.9 Å². The summed E-state index contributed by atoms with van der Waals surface area (Å²) >= 11 is 0. The van der Waals surface area contributed by atoms with Crippen molar-refractivity contribution in [3.05, 3.63) is 30.5 Å². The van der Waals surface area contributed by atoms with Crippen LogP contribution in [0.2, 0.25) is 0 Å². The topological polar surface area (TPSA) is 82.2 Å². The van der Waals surface area contributed by atoms with E-state index in [4.69, 9.17) is 4.74 Å². The van der Waals surface area contributed by atoms with Crippen molar-refractivity contribution in [2.75, 3.05) is 19.7 Å². The van der Waals surface area contributed by atoms with Crippen LogP contribution in [0.1, 0.15) is 25.5 Å². The van der Waals surface area contributed by atoms with Crippen molar-refractivity contribution in [1.82, 2.24) is 23.6 Å². The van der Waals surface area contributed by atoms with E-state index in [1.807, 2.05) is 17.8 Å². The van der Waals surface area contributed by atoms with Crippen molar-refractivity contribution < 1.29 is 13.2 Å². The van der Waals surface area contributed by atoms with Crippen molar-refractivity contribution >= 4 is 10.0 Å². The molecule has 2 aromatic heterocycles. The zero-order valence-corrected chi connectivity index (χ0v) is 15.0. The lowest BCUT2D eigenvalue weighted by molar-refractivity contribution is -0.00265. The van der Waals surface area contributed by atoms with Crippen LogP contribution in [-0.2, 0) is 28.4 Å². The normalized spacial score (nSPS) is 19.9. The number of morpholine rings is 1. The Hall–Kier alpha value is -1.71. The van der Waals surface area contributed by atoms with Crippen LogP contribution in [0.25, 0.3) is 0 Å². The van der Waals surface area contributed by atoms with E-state index in [1.54, 1.807) is 23.4 Å². The lowest BCUT2D eigenvalue weighted by Crippen LogP contribution is -2.42. The second kappa shape index (κ2) is 6.66. The Labute approximate surface area is 142 Å². The molecule has 1 unspecified atom stereocenters. The summed E-state index contributed by atoms with van der Waals surface area (Å²) in [6, 6.07) is 0. The molecule has 0 saturated carbocycles. The molecular formula is C15H23N5O3S. The first kappa shape index (κ1) is 17.1. The van der Waals surface area contributed by atoms with Crippen LogP contribution in [0, 0.1) is 5.92 Å². The third kappa shape index (κ3) is 3.52. The molecule has 24 heavy (non-hydrogen) atoms. The predicted molar refractivity (Wildman–Crippen MR) is 87.7 cm³/mol. The summed E-state index contributed by atoms with van der Waals surface area (Å²) < 4.78 is 36.3. The molecule has 0 radical (unpaired) electrons. The minimum atomic E-state index is -3.62. The SMILES string of the molecule is CC(C)Cn1cnc(S(=O)(=O)N2CCOC(c3cnn(C)c3)C2)c1. The Balaban J connectivity index is 1.77. The van der Waals surface area contributed by atoms with Gasteiger partial charge in [-0.2, -0.15) is 9.40 Å². The highest BCUT2D eigenvalue weighted by Crippen LogP contribution is 2.25. The Morgan fingerprint density at radius 3 is 2.83 bits per heavy atom. The van der Waals surface area contributed by atoms with Gasteiger partial charge in [-0.3, -0.25) is 4.68 Å². The van der Waals surface area contributed by atoms with E-state index >= 15 is 0 Å². The van der Waals surface area contributed by atoms with Crippen molar-refractivity contribution in [2.24, 2.45) is 13.0 Å². The Bertz CT molecular complexity index is 796. The van der Waals surface area contributed by atoms with Crippen LogP contribution < -0.4 is 0 Å². The average Bonchev–Trinajstić information content (AvgIpc) is 3.16. The summed E-state index contributed by atoms with van der Waals surface area (Å²) in [7, 11) is -1.80. The van der Waals surface area contributed by atoms with Crippen molar-refractivity contribution in [3.8, 4) is 0 Å². The molecule has 132 valence electrons. The molecule has 8 nitrogen and oxygen atoms in total. The molecule has 0 bridgehead atoms. The first-order chi connectivity index (χ1) is 11.4. The lowest BCUT2D eigenvalue weighted by atomic mass is 10.2. The highest BCUT2D eigenvalue weighted by molar-refractivity contribution is 7.89. The number of ether oxygens (including phenoxy) is 1. The second-order valence-electron chi connectivity index (χ2n) is 6.47. The Kier molecular flexibility index (Phi) is 4.75. The van der Waals surface area contributed by atoms with Crippen molar-refractivity contribution in [2.45, 2.75) is 31.5 Å². The van der Waals surface area contributed by atoms with Gasteiger partial charge >= 0.3 is 0 Å². The maximum Gasteiger partial charge on any atom is 0.262 e. The van der Waals surface area contributed by atoms with Crippen molar-refractivity contribution in [1.29, 1.82) is 0 Å². The molecule has 0 aromatic carbocycles. The molecule has 0 aliphatic carbocycles. The molecule has 9 heteroatoms. The number of hydrogen-bond acceptors (Lipinski definition) is 5. The van der Waals surface area contributed by atoms with Gasteiger partial charge < -0.3 is 9.30 Å². The summed E-state index contributed by atoms with van der Waals surface area (Å²) in [5, 5.41) is 4.21. The fourth-order valence-electron chi connectivity index (χ4n) is 2.78. The molecule has 0 N–H and O–H groups in total. The van der Waals surface area contributed by atoms with Crippen LogP contribution in [0.4, 0.5) is 0 Å². The summed E-state index contributed by atoms with van der Waals surface area (Å²) in [5.74, 6) is 0.424. The van der Waals surface area contributed by atoms with Gasteiger partial charge in [0.1, 0.15) is 0 Å². The van der Waals surface area contributed by atoms with Gasteiger partial charge in [-0.15, -0.1) is 0 Å². The number of rotatable bonds is 5. The van der Waals surface area contributed by atoms with Gasteiger partial charge in [-0.05, 0) is 5.92 Å². The summed E-state index contributed by atoms with van der Waals surface area (Å²) in [4.78, 5) is 4.09. The summed E-state index contributed by atoms with van der Waals surface area (Å²) in [6.07, 6.45) is 6.42. The molecular weight excluding hydrogens is 330 g/mol. The molecule has 2 aromatic rings. The van der Waals surface area contributed by atoms with Crippen LogP contribution in [0.5, 0.6) is 0 Å². The lowest BCUT2D eigenvalue weighted by Gasteiger charge is -2.31. The number of aryl methyl sites for hydroxylation is 1. The van der Waals surface area contributed by atoms with Crippen molar-refractivity contribution in [3.63, 3.8) is 0 Å². The maximum atomic E-state index is 12.8. The molecule has 1 saturated heterocycles. The van der Waals surface area contributed by atoms with Crippen LogP contribution in [0.3, 0.4) is 0 Å². The van der Waals surface area contributed by atoms with Crippen LogP contribution in [-0.4, -0.2) is 51.8 Å². The van der Waals surface area contributed by atoms with Gasteiger partial charge in [0.2, 0.25) is 0 Å². The quantitative estimate of drug-likeness (QED) is 0.802. The first-order valence-corrected chi connectivity index (χ1v) is 9.42. The first-order valence-electron chi connectivity index (χ1n) is 7.98. The van der Waals surface area contributed by atoms with E-state index in [0.29, 0.717) is 19.1 Å². The largest absolute Gasteiger partial charge is 0.371 e. The summed E-state index contributed by atoms with van der Waals surface area (Å²) in [5.41, 5.74) is 0.878. The molecule has 1 aliphatic heterocycles. The third-order valence-electron chi connectivity index (χ3n) is 3.92. The van der Waals surface area contributed by atoms with Gasteiger partial charge in [0.05, 0.1) is 25.2 Å². The van der Waals surface area contributed by atoms with E-state index in [-0.39, 0.29) is 17.7 Å². The smallest absolute Gasteiger partial charge is 0.262 e. The average molecular weight is 353 g/mol. The monoisotopic (exact) mass is 353 g/mol. The third-order valence-corrected chi connectivity index (χ3v) is 5.67. The molecule has 3 heterocycles. The van der Waals surface area contributed by atoms with E-state index in [2.05, 4.69) is 23.9 Å². The van der Waals surface area contributed by atoms with Gasteiger partial charge in [-0.1, -0.05) is 13.8 Å². The number of aromatic nitrogens is 4. The maximum absolute atomic E-state index is 12.8. The number of imidazole rings is 1. The summed E-state index contributed by atoms with van der Waals surface area (Å²) in [6.45, 7) is 5.85. The second-order valence-corrected chi connectivity index (χ2v) is 8.36. The number of hydrogen-bond donors (Lipinski definition) is 0. The minimum Gasteiger partial charge on any atom is -0.371 e. The van der Waals surface area contributed by atoms with E-state index in [0.717, 1.165) is 12.1 Å². The molecule has 0 spiro atoms. The molecule has 1 aliphatic rings. The van der Waals surface area contributed by atoms with E-state index < -0.39 is 10.0 Å². The van der Waals surface area contributed by atoms with Gasteiger partial charge in [0.15, 0.2) is 5.03 Å². The Morgan fingerprint density at radius 1 is 1.38 bits per heavy atom. The van der Waals surface area contributed by atoms with E-state index in [1.165, 1.54) is 4.31 Å². The molecule has 3 rings (SSSR count). The zero-order chi connectivity index (χ0) is 17.3. The zero-order valence-electron chi connectivity index (χ0n) is 14.2. The van der Waals surface area contributed by atoms with Gasteiger partial charge in [0.25, 0.3) is 10.0 Å². The van der Waals surface area contributed by atoms with Crippen LogP contribution >= 0.6 is 0 Å². The highest BCUT2D eigenvalue weighted by atomic mass is 32.2. The van der Waals surface area contributed by atoms with Gasteiger partial charge in [0, 0.05) is 44.6 Å². The molecule has 1 atom stereocenters. The molecule has 1 fully saturated rings. The Morgan fingerprint density at radius 2 is 2.17 bits per heavy atom.